The zero-order valence-electron chi connectivity index (χ0n) is 26.9. The molecule has 10 heteroatoms. The molecular weight excluding hydrogens is 628 g/mol. The summed E-state index contributed by atoms with van der Waals surface area (Å²) in [5.74, 6) is 0.868. The summed E-state index contributed by atoms with van der Waals surface area (Å²) in [5.41, 5.74) is 6.50. The summed E-state index contributed by atoms with van der Waals surface area (Å²) in [7, 11) is 1.30. The average molecular weight is 671 g/mol. The van der Waals surface area contributed by atoms with Crippen molar-refractivity contribution in [3.63, 3.8) is 0 Å². The van der Waals surface area contributed by atoms with E-state index >= 15 is 0 Å². The first-order valence-corrected chi connectivity index (χ1v) is 17.2. The van der Waals surface area contributed by atoms with Gasteiger partial charge in [-0.05, 0) is 45.5 Å². The number of amides is 2. The molecule has 0 bridgehead atoms. The van der Waals surface area contributed by atoms with Gasteiger partial charge in [0.05, 0.1) is 32.5 Å². The Bertz CT molecular complexity index is 1620. The fraction of sp³-hybridized carbons (Fsp3) is 0.316. The molecule has 0 saturated carbocycles. The maximum absolute atomic E-state index is 12.8. The molecule has 0 aromatic heterocycles. The Kier molecular flexibility index (Phi) is 13.0. The van der Waals surface area contributed by atoms with Crippen LogP contribution in [0.4, 0.5) is 4.79 Å². The van der Waals surface area contributed by atoms with Gasteiger partial charge in [0, 0.05) is 36.5 Å². The van der Waals surface area contributed by atoms with Crippen molar-refractivity contribution in [2.75, 3.05) is 25.2 Å². The molecule has 9 nitrogen and oxygen atoms in total. The molecule has 1 aliphatic rings. The minimum Gasteiger partial charge on any atom is -0.467 e. The lowest BCUT2D eigenvalue weighted by atomic mass is 9.99. The molecular formula is C38H42N2O7S. The number of carbonyl (C=O) groups is 2. The number of thioether (sulfide) groups is 1. The third kappa shape index (κ3) is 9.91. The zero-order chi connectivity index (χ0) is 33.7. The summed E-state index contributed by atoms with van der Waals surface area (Å²) < 4.78 is 17.9. The summed E-state index contributed by atoms with van der Waals surface area (Å²) >= 11 is 1.65. The van der Waals surface area contributed by atoms with Crippen LogP contribution in [0.15, 0.2) is 103 Å². The number of urea groups is 1. The zero-order valence-corrected chi connectivity index (χ0v) is 27.7. The second-order valence-electron chi connectivity index (χ2n) is 11.6. The molecule has 1 heterocycles. The summed E-state index contributed by atoms with van der Waals surface area (Å²) in [5, 5.41) is 24.4. The van der Waals surface area contributed by atoms with E-state index in [9.17, 15) is 19.8 Å². The van der Waals surface area contributed by atoms with E-state index in [2.05, 4.69) is 16.7 Å². The quantitative estimate of drug-likeness (QED) is 0.0995. The highest BCUT2D eigenvalue weighted by Gasteiger charge is 2.32. The van der Waals surface area contributed by atoms with Gasteiger partial charge >= 0.3 is 12.0 Å². The van der Waals surface area contributed by atoms with Gasteiger partial charge in [-0.15, -0.1) is 0 Å². The highest BCUT2D eigenvalue weighted by atomic mass is 32.2. The minimum atomic E-state index is -0.817. The van der Waals surface area contributed by atoms with E-state index < -0.39 is 24.3 Å². The fourth-order valence-electron chi connectivity index (χ4n) is 5.60. The summed E-state index contributed by atoms with van der Waals surface area (Å²) in [6, 6.07) is 31.9. The molecule has 1 aliphatic heterocycles. The van der Waals surface area contributed by atoms with Crippen molar-refractivity contribution in [3.05, 3.63) is 131 Å². The summed E-state index contributed by atoms with van der Waals surface area (Å²) in [4.78, 5) is 25.2. The van der Waals surface area contributed by atoms with Crippen molar-refractivity contribution >= 4 is 23.8 Å². The van der Waals surface area contributed by atoms with Crippen molar-refractivity contribution in [2.45, 2.75) is 50.5 Å². The van der Waals surface area contributed by atoms with E-state index in [0.29, 0.717) is 18.6 Å². The SMILES string of the molecule is COC(=O)C(Cc1ccccc1)NC(=O)NCc1cccc(-c2cccc(C3OC(CSCCO)CC(c4ccc(CO)cc4)O3)c2)c1. The number of aliphatic hydroxyl groups excluding tert-OH is 2. The Labute approximate surface area is 285 Å². The first-order valence-electron chi connectivity index (χ1n) is 16.0. The summed E-state index contributed by atoms with van der Waals surface area (Å²) in [6.07, 6.45) is 0.154. The Morgan fingerprint density at radius 3 is 2.31 bits per heavy atom. The van der Waals surface area contributed by atoms with Crippen LogP contribution in [0.2, 0.25) is 0 Å². The van der Waals surface area contributed by atoms with Gasteiger partial charge in [0.25, 0.3) is 0 Å². The maximum Gasteiger partial charge on any atom is 0.328 e. The topological polar surface area (TPSA) is 126 Å². The van der Waals surface area contributed by atoms with Crippen LogP contribution >= 0.6 is 11.8 Å². The highest BCUT2D eigenvalue weighted by Crippen LogP contribution is 2.39. The highest BCUT2D eigenvalue weighted by molar-refractivity contribution is 7.99. The molecule has 0 aliphatic carbocycles. The van der Waals surface area contributed by atoms with Crippen LogP contribution in [0.5, 0.6) is 0 Å². The van der Waals surface area contributed by atoms with Crippen LogP contribution in [0, 0.1) is 0 Å². The first kappa shape index (κ1) is 35.1. The number of ether oxygens (including phenoxy) is 3. The number of esters is 1. The van der Waals surface area contributed by atoms with Gasteiger partial charge in [-0.3, -0.25) is 0 Å². The van der Waals surface area contributed by atoms with Gasteiger partial charge in [-0.1, -0.05) is 91.0 Å². The van der Waals surface area contributed by atoms with E-state index in [1.807, 2.05) is 97.1 Å². The number of benzene rings is 4. The standard InChI is InChI=1S/C38H42N2O7S/c1-45-36(43)34(20-26-7-3-2-4-8-26)40-38(44)39-23-28-9-5-10-30(19-28)31-11-6-12-32(21-31)37-46-33(25-48-18-17-41)22-35(47-37)29-15-13-27(24-42)14-16-29/h2-16,19,21,33-35,37,41-42H,17-18,20,22-25H2,1H3,(H2,39,40,44). The molecule has 0 radical (unpaired) electrons. The van der Waals surface area contributed by atoms with Crippen molar-refractivity contribution in [2.24, 2.45) is 0 Å². The Balaban J connectivity index is 1.26. The molecule has 4 unspecified atom stereocenters. The molecule has 0 spiro atoms. The fourth-order valence-corrected chi connectivity index (χ4v) is 6.38. The van der Waals surface area contributed by atoms with Gasteiger partial charge < -0.3 is 35.1 Å². The second kappa shape index (κ2) is 17.8. The van der Waals surface area contributed by atoms with Crippen molar-refractivity contribution < 1.29 is 34.0 Å². The molecule has 1 fully saturated rings. The predicted molar refractivity (Wildman–Crippen MR) is 186 cm³/mol. The first-order chi connectivity index (χ1) is 23.4. The number of hydrogen-bond donors (Lipinski definition) is 4. The van der Waals surface area contributed by atoms with Crippen LogP contribution < -0.4 is 10.6 Å². The molecule has 4 aromatic rings. The largest absolute Gasteiger partial charge is 0.467 e. The lowest BCUT2D eigenvalue weighted by Gasteiger charge is -2.36. The normalized spacial score (nSPS) is 18.1. The van der Waals surface area contributed by atoms with E-state index in [0.717, 1.165) is 44.7 Å². The van der Waals surface area contributed by atoms with Crippen LogP contribution in [0.25, 0.3) is 11.1 Å². The van der Waals surface area contributed by atoms with Crippen LogP contribution in [-0.4, -0.2) is 59.6 Å². The van der Waals surface area contributed by atoms with Crippen molar-refractivity contribution in [1.82, 2.24) is 10.6 Å². The average Bonchev–Trinajstić information content (AvgIpc) is 3.14. The molecule has 5 rings (SSSR count). The molecule has 4 N–H and O–H groups in total. The van der Waals surface area contributed by atoms with Gasteiger partial charge in [0.15, 0.2) is 6.29 Å². The van der Waals surface area contributed by atoms with Crippen LogP contribution in [0.3, 0.4) is 0 Å². The lowest BCUT2D eigenvalue weighted by molar-refractivity contribution is -0.245. The molecule has 1 saturated heterocycles. The van der Waals surface area contributed by atoms with Gasteiger partial charge in [-0.25, -0.2) is 9.59 Å². The van der Waals surface area contributed by atoms with E-state index in [4.69, 9.17) is 14.2 Å². The Morgan fingerprint density at radius 1 is 0.854 bits per heavy atom. The molecule has 2 amide bonds. The molecule has 4 aromatic carbocycles. The van der Waals surface area contributed by atoms with Gasteiger partial charge in [0.2, 0.25) is 0 Å². The lowest BCUT2D eigenvalue weighted by Crippen LogP contribution is -2.47. The van der Waals surface area contributed by atoms with Crippen LogP contribution in [-0.2, 0) is 38.6 Å². The number of carbonyl (C=O) groups excluding carboxylic acids is 2. The Hall–Kier alpha value is -4.19. The number of methoxy groups -OCH3 is 1. The molecule has 48 heavy (non-hydrogen) atoms. The predicted octanol–water partition coefficient (Wildman–Crippen LogP) is 5.70. The Morgan fingerprint density at radius 2 is 1.58 bits per heavy atom. The van der Waals surface area contributed by atoms with E-state index in [1.54, 1.807) is 11.8 Å². The molecule has 252 valence electrons. The second-order valence-corrected chi connectivity index (χ2v) is 12.7. The third-order valence-corrected chi connectivity index (χ3v) is 9.18. The summed E-state index contributed by atoms with van der Waals surface area (Å²) in [6.45, 7) is 0.365. The van der Waals surface area contributed by atoms with E-state index in [-0.39, 0.29) is 32.0 Å². The van der Waals surface area contributed by atoms with Crippen LogP contribution in [0.1, 0.15) is 46.6 Å². The number of aliphatic hydroxyl groups is 2. The van der Waals surface area contributed by atoms with Crippen molar-refractivity contribution in [3.8, 4) is 11.1 Å². The van der Waals surface area contributed by atoms with Crippen molar-refractivity contribution in [1.29, 1.82) is 0 Å². The van der Waals surface area contributed by atoms with Gasteiger partial charge in [-0.2, -0.15) is 11.8 Å². The third-order valence-electron chi connectivity index (χ3n) is 8.10. The van der Waals surface area contributed by atoms with Gasteiger partial charge in [0.1, 0.15) is 6.04 Å². The number of hydrogen-bond acceptors (Lipinski definition) is 8. The van der Waals surface area contributed by atoms with E-state index in [1.165, 1.54) is 7.11 Å². The smallest absolute Gasteiger partial charge is 0.328 e. The monoisotopic (exact) mass is 670 g/mol. The minimum absolute atomic E-state index is 0.0141. The maximum atomic E-state index is 12.8. The number of rotatable bonds is 14. The number of nitrogens with one attached hydrogen (secondary N) is 2. The molecule has 4 atom stereocenters.